The average Bonchev–Trinajstić information content (AvgIpc) is 3.41. The van der Waals surface area contributed by atoms with Crippen molar-refractivity contribution in [3.63, 3.8) is 0 Å². The number of allylic oxidation sites excluding steroid dienone is 6. The quantitative estimate of drug-likeness (QED) is 0.397. The van der Waals surface area contributed by atoms with Gasteiger partial charge in [-0.05, 0) is 44.2 Å². The maximum Gasteiger partial charge on any atom is 0.190 e. The lowest BCUT2D eigenvalue weighted by Crippen LogP contribution is -2.07. The first-order valence-corrected chi connectivity index (χ1v) is 12.7. The highest BCUT2D eigenvalue weighted by Gasteiger charge is 2.26. The molecule has 34 heavy (non-hydrogen) atoms. The maximum absolute atomic E-state index is 4.99. The van der Waals surface area contributed by atoms with Gasteiger partial charge in [-0.3, -0.25) is 9.56 Å². The van der Waals surface area contributed by atoms with Gasteiger partial charge in [0.2, 0.25) is 0 Å². The van der Waals surface area contributed by atoms with Gasteiger partial charge in [-0.25, -0.2) is 4.98 Å². The second kappa shape index (κ2) is 11.4. The lowest BCUT2D eigenvalue weighted by Gasteiger charge is -2.11. The van der Waals surface area contributed by atoms with E-state index in [1.807, 2.05) is 32.1 Å². The van der Waals surface area contributed by atoms with Gasteiger partial charge in [-0.1, -0.05) is 57.6 Å². The van der Waals surface area contributed by atoms with Gasteiger partial charge in [0.15, 0.2) is 11.7 Å². The predicted octanol–water partition coefficient (Wildman–Crippen LogP) is 7.03. The van der Waals surface area contributed by atoms with Gasteiger partial charge in [0.05, 0.1) is 11.9 Å². The number of fused-ring (bicyclic) bond motifs is 3. The monoisotopic (exact) mass is 477 g/mol. The van der Waals surface area contributed by atoms with Gasteiger partial charge >= 0.3 is 0 Å². The van der Waals surface area contributed by atoms with Gasteiger partial charge in [0.25, 0.3) is 0 Å². The van der Waals surface area contributed by atoms with E-state index in [-0.39, 0.29) is 0 Å². The molecule has 0 atom stereocenters. The topological polar surface area (TPSA) is 69.1 Å². The van der Waals surface area contributed by atoms with Crippen LogP contribution >= 0.6 is 11.3 Å². The molecule has 0 saturated carbocycles. The molecule has 0 amide bonds. The number of rotatable bonds is 2. The van der Waals surface area contributed by atoms with E-state index in [1.54, 1.807) is 19.4 Å². The SMILES string of the molecule is CC.Cc1ncco1.Cc1sc2c(c1C)C(C1=CCC(C(C)C)=CC=C1)=NCc1nnc(C)n1-2. The van der Waals surface area contributed by atoms with E-state index >= 15 is 0 Å². The third-order valence-corrected chi connectivity index (χ3v) is 6.98. The number of thiophene rings is 1. The molecule has 0 N–H and O–H groups in total. The van der Waals surface area contributed by atoms with Crippen molar-refractivity contribution in [1.82, 2.24) is 19.7 Å². The molecule has 0 aromatic carbocycles. The molecule has 0 unspecified atom stereocenters. The van der Waals surface area contributed by atoms with Crippen molar-refractivity contribution in [3.05, 3.63) is 81.5 Å². The summed E-state index contributed by atoms with van der Waals surface area (Å²) in [6.07, 6.45) is 13.1. The molecule has 0 saturated heterocycles. The number of hydrogen-bond donors (Lipinski definition) is 0. The van der Waals surface area contributed by atoms with Crippen LogP contribution in [0.15, 0.2) is 57.3 Å². The molecule has 7 heteroatoms. The normalized spacial score (nSPS) is 14.3. The molecule has 3 aromatic heterocycles. The fraction of sp³-hybridized carbons (Fsp3) is 0.407. The van der Waals surface area contributed by atoms with Crippen molar-refractivity contribution < 1.29 is 4.42 Å². The minimum atomic E-state index is 0.561. The van der Waals surface area contributed by atoms with Gasteiger partial charge in [0, 0.05) is 17.4 Å². The molecule has 0 bridgehead atoms. The molecule has 3 aromatic rings. The van der Waals surface area contributed by atoms with E-state index in [2.05, 4.69) is 71.7 Å². The summed E-state index contributed by atoms with van der Waals surface area (Å²) in [6.45, 7) is 17.3. The van der Waals surface area contributed by atoms with Crippen LogP contribution in [0.4, 0.5) is 0 Å². The predicted molar refractivity (Wildman–Crippen MR) is 141 cm³/mol. The summed E-state index contributed by atoms with van der Waals surface area (Å²) in [4.78, 5) is 10.1. The third-order valence-electron chi connectivity index (χ3n) is 5.79. The van der Waals surface area contributed by atoms with Crippen molar-refractivity contribution in [2.24, 2.45) is 10.9 Å². The highest BCUT2D eigenvalue weighted by molar-refractivity contribution is 7.15. The minimum Gasteiger partial charge on any atom is -0.449 e. The summed E-state index contributed by atoms with van der Waals surface area (Å²) in [7, 11) is 0. The Kier molecular flexibility index (Phi) is 8.56. The first kappa shape index (κ1) is 25.6. The molecule has 1 aliphatic heterocycles. The number of hydrogen-bond acceptors (Lipinski definition) is 6. The zero-order chi connectivity index (χ0) is 24.8. The first-order valence-electron chi connectivity index (χ1n) is 11.9. The molecule has 0 spiro atoms. The van der Waals surface area contributed by atoms with E-state index < -0.39 is 0 Å². The summed E-state index contributed by atoms with van der Waals surface area (Å²) >= 11 is 1.81. The second-order valence-corrected chi connectivity index (χ2v) is 9.50. The largest absolute Gasteiger partial charge is 0.449 e. The van der Waals surface area contributed by atoms with E-state index in [1.165, 1.54) is 32.2 Å². The summed E-state index contributed by atoms with van der Waals surface area (Å²) in [6, 6.07) is 0. The summed E-state index contributed by atoms with van der Waals surface area (Å²) in [5.41, 5.74) is 6.28. The van der Waals surface area contributed by atoms with Crippen LogP contribution in [-0.2, 0) is 6.54 Å². The van der Waals surface area contributed by atoms with E-state index in [0.717, 1.165) is 29.7 Å². The van der Waals surface area contributed by atoms with Crippen LogP contribution in [-0.4, -0.2) is 25.5 Å². The fourth-order valence-corrected chi connectivity index (χ4v) is 5.05. The lowest BCUT2D eigenvalue weighted by molar-refractivity contribution is 0.521. The van der Waals surface area contributed by atoms with E-state index in [0.29, 0.717) is 12.5 Å². The van der Waals surface area contributed by atoms with Crippen LogP contribution < -0.4 is 0 Å². The Morgan fingerprint density at radius 1 is 1.09 bits per heavy atom. The highest BCUT2D eigenvalue weighted by Crippen LogP contribution is 2.36. The molecule has 1 aliphatic carbocycles. The smallest absolute Gasteiger partial charge is 0.190 e. The zero-order valence-corrected chi connectivity index (χ0v) is 22.3. The van der Waals surface area contributed by atoms with Crippen molar-refractivity contribution >= 4 is 17.0 Å². The number of nitrogens with zero attached hydrogens (tertiary/aromatic N) is 5. The van der Waals surface area contributed by atoms with E-state index in [4.69, 9.17) is 9.41 Å². The number of aryl methyl sites for hydroxylation is 3. The van der Waals surface area contributed by atoms with Crippen molar-refractivity contribution in [1.29, 1.82) is 0 Å². The summed E-state index contributed by atoms with van der Waals surface area (Å²) < 4.78 is 6.90. The molecule has 4 heterocycles. The Morgan fingerprint density at radius 2 is 1.85 bits per heavy atom. The number of oxazole rings is 1. The molecule has 180 valence electrons. The summed E-state index contributed by atoms with van der Waals surface area (Å²) in [5.74, 6) is 3.12. The van der Waals surface area contributed by atoms with Crippen LogP contribution in [0.2, 0.25) is 0 Å². The van der Waals surface area contributed by atoms with Crippen molar-refractivity contribution in [3.8, 4) is 5.00 Å². The van der Waals surface area contributed by atoms with Crippen LogP contribution in [0.1, 0.15) is 67.7 Å². The van der Waals surface area contributed by atoms with Gasteiger partial charge in [-0.15, -0.1) is 21.5 Å². The standard InChI is InChI=1S/C21H24N4S.C4H5NO.C2H6/c1-12(2)16-7-6-8-17(10-9-16)20-19-13(3)14(4)26-21(19)25-15(5)23-24-18(25)11-22-20;1-4-5-2-3-6-4;1-2/h6-8,10,12H,9,11H2,1-5H3;2-3H,1H3;1-2H3. The molecule has 0 radical (unpaired) electrons. The minimum absolute atomic E-state index is 0.561. The fourth-order valence-electron chi connectivity index (χ4n) is 3.82. The highest BCUT2D eigenvalue weighted by atomic mass is 32.1. The second-order valence-electron chi connectivity index (χ2n) is 8.30. The Labute approximate surface area is 206 Å². The van der Waals surface area contributed by atoms with Crippen LogP contribution in [0.5, 0.6) is 0 Å². The van der Waals surface area contributed by atoms with Gasteiger partial charge in [0.1, 0.15) is 23.6 Å². The zero-order valence-electron chi connectivity index (χ0n) is 21.5. The Balaban J connectivity index is 0.000000348. The molecular formula is C27H35N5OS. The average molecular weight is 478 g/mol. The number of aromatic nitrogens is 4. The molecule has 2 aliphatic rings. The van der Waals surface area contributed by atoms with Crippen LogP contribution in [0.25, 0.3) is 5.00 Å². The Hall–Kier alpha value is -3.06. The van der Waals surface area contributed by atoms with Gasteiger partial charge in [-0.2, -0.15) is 0 Å². The first-order chi connectivity index (χ1) is 16.4. The Morgan fingerprint density at radius 3 is 2.47 bits per heavy atom. The van der Waals surface area contributed by atoms with E-state index in [9.17, 15) is 0 Å². The van der Waals surface area contributed by atoms with Crippen LogP contribution in [0.3, 0.4) is 0 Å². The summed E-state index contributed by atoms with van der Waals surface area (Å²) in [5, 5.41) is 9.82. The molecule has 6 nitrogen and oxygen atoms in total. The van der Waals surface area contributed by atoms with Crippen LogP contribution in [0, 0.1) is 33.6 Å². The number of aliphatic imine (C=N–C) groups is 1. The molecule has 0 fully saturated rings. The van der Waals surface area contributed by atoms with Crippen molar-refractivity contribution in [2.45, 2.75) is 68.4 Å². The lowest BCUT2D eigenvalue weighted by atomic mass is 9.97. The molecular weight excluding hydrogens is 442 g/mol. The maximum atomic E-state index is 4.99. The Bertz CT molecular complexity index is 1240. The third kappa shape index (κ3) is 5.36. The molecule has 5 rings (SSSR count). The van der Waals surface area contributed by atoms with Gasteiger partial charge < -0.3 is 4.42 Å². The van der Waals surface area contributed by atoms with Crippen molar-refractivity contribution in [2.75, 3.05) is 0 Å².